The fourth-order valence-corrected chi connectivity index (χ4v) is 3.84. The lowest BCUT2D eigenvalue weighted by atomic mass is 10.1. The van der Waals surface area contributed by atoms with Gasteiger partial charge in [-0.25, -0.2) is 17.2 Å². The van der Waals surface area contributed by atoms with Gasteiger partial charge in [-0.2, -0.15) is 0 Å². The van der Waals surface area contributed by atoms with Gasteiger partial charge in [0, 0.05) is 12.4 Å². The number of carbonyl (C=O) groups is 2. The number of aliphatic carboxylic acids is 1. The topological polar surface area (TPSA) is 105 Å². The monoisotopic (exact) mass is 376 g/mol. The van der Waals surface area contributed by atoms with Gasteiger partial charge >= 0.3 is 5.97 Å². The molecule has 8 heteroatoms. The third-order valence-electron chi connectivity index (χ3n) is 4.40. The summed E-state index contributed by atoms with van der Waals surface area (Å²) >= 11 is 0. The maximum absolute atomic E-state index is 12.6. The van der Waals surface area contributed by atoms with Crippen LogP contribution in [0.15, 0.2) is 47.6 Å². The molecule has 0 spiro atoms. The average Bonchev–Trinajstić information content (AvgIpc) is 3.25. The lowest BCUT2D eigenvalue weighted by molar-refractivity contribution is -0.139. The highest BCUT2D eigenvalue weighted by atomic mass is 32.2. The molecular weight excluding hydrogens is 356 g/mol. The van der Waals surface area contributed by atoms with Gasteiger partial charge < -0.3 is 10.4 Å². The van der Waals surface area contributed by atoms with Gasteiger partial charge in [0.15, 0.2) is 0 Å². The van der Waals surface area contributed by atoms with Crippen molar-refractivity contribution in [2.45, 2.75) is 37.1 Å². The third-order valence-corrected chi connectivity index (χ3v) is 6.05. The molecule has 1 saturated carbocycles. The van der Waals surface area contributed by atoms with E-state index in [4.69, 9.17) is 0 Å². The molecule has 7 nitrogen and oxygen atoms in total. The first-order valence-corrected chi connectivity index (χ1v) is 9.75. The largest absolute Gasteiger partial charge is 0.480 e. The molecule has 2 N–H and O–H groups in total. The lowest BCUT2D eigenvalue weighted by Gasteiger charge is -2.13. The van der Waals surface area contributed by atoms with Crippen molar-refractivity contribution in [2.24, 2.45) is 5.92 Å². The number of carbonyl (C=O) groups excluding carboxylic acids is 1. The molecular formula is C18H20N2O5S. The number of amides is 1. The van der Waals surface area contributed by atoms with Crippen LogP contribution < -0.4 is 5.32 Å². The highest BCUT2D eigenvalue weighted by Gasteiger charge is 2.30. The molecule has 0 saturated heterocycles. The summed E-state index contributed by atoms with van der Waals surface area (Å²) in [6.45, 7) is 1.86. The van der Waals surface area contributed by atoms with E-state index in [2.05, 4.69) is 5.32 Å². The quantitative estimate of drug-likeness (QED) is 0.769. The number of carboxylic acid groups (broad SMARTS) is 1. The number of carboxylic acids is 1. The molecule has 1 aliphatic carbocycles. The predicted octanol–water partition coefficient (Wildman–Crippen LogP) is 2.02. The average molecular weight is 376 g/mol. The Morgan fingerprint density at radius 1 is 1.23 bits per heavy atom. The van der Waals surface area contributed by atoms with E-state index in [0.717, 1.165) is 22.4 Å². The van der Waals surface area contributed by atoms with Gasteiger partial charge in [-0.1, -0.05) is 30.5 Å². The minimum Gasteiger partial charge on any atom is -0.480 e. The van der Waals surface area contributed by atoms with Crippen LogP contribution in [0.5, 0.6) is 0 Å². The Labute approximate surface area is 151 Å². The van der Waals surface area contributed by atoms with E-state index < -0.39 is 27.9 Å². The van der Waals surface area contributed by atoms with Crippen LogP contribution in [-0.2, 0) is 14.8 Å². The minimum absolute atomic E-state index is 0.0998. The third kappa shape index (κ3) is 3.96. The van der Waals surface area contributed by atoms with Crippen LogP contribution in [0, 0.1) is 12.8 Å². The summed E-state index contributed by atoms with van der Waals surface area (Å²) in [7, 11) is -3.80. The molecule has 3 rings (SSSR count). The Balaban J connectivity index is 1.76. The van der Waals surface area contributed by atoms with Gasteiger partial charge in [0.05, 0.1) is 10.5 Å². The van der Waals surface area contributed by atoms with Gasteiger partial charge in [-0.15, -0.1) is 0 Å². The SMILES string of the molecule is Cc1ccc(S(=O)(=O)n2ccc(C(=O)NC(CC3CC3)C(=O)O)c2)cc1. The van der Waals surface area contributed by atoms with Crippen molar-refractivity contribution in [2.75, 3.05) is 0 Å². The molecule has 1 fully saturated rings. The van der Waals surface area contributed by atoms with Gasteiger partial charge in [-0.05, 0) is 37.5 Å². The summed E-state index contributed by atoms with van der Waals surface area (Å²) in [5.41, 5.74) is 1.04. The molecule has 1 atom stereocenters. The highest BCUT2D eigenvalue weighted by Crippen LogP contribution is 2.33. The highest BCUT2D eigenvalue weighted by molar-refractivity contribution is 7.90. The fourth-order valence-electron chi connectivity index (χ4n) is 2.64. The van der Waals surface area contributed by atoms with E-state index in [-0.39, 0.29) is 10.5 Å². The summed E-state index contributed by atoms with van der Waals surface area (Å²) in [6, 6.07) is 6.78. The molecule has 1 unspecified atom stereocenters. The number of aryl methyl sites for hydroxylation is 1. The summed E-state index contributed by atoms with van der Waals surface area (Å²) in [6.07, 6.45) is 4.82. The summed E-state index contributed by atoms with van der Waals surface area (Å²) in [4.78, 5) is 23.7. The second kappa shape index (κ2) is 6.95. The molecule has 2 aromatic rings. The van der Waals surface area contributed by atoms with Crippen molar-refractivity contribution in [1.82, 2.24) is 9.29 Å². The molecule has 0 aliphatic heterocycles. The predicted molar refractivity (Wildman–Crippen MR) is 94.4 cm³/mol. The molecule has 1 amide bonds. The van der Waals surface area contributed by atoms with Crippen molar-refractivity contribution in [3.63, 3.8) is 0 Å². The van der Waals surface area contributed by atoms with Crippen LogP contribution >= 0.6 is 0 Å². The normalized spacial score (nSPS) is 15.4. The van der Waals surface area contributed by atoms with Crippen molar-refractivity contribution in [1.29, 1.82) is 0 Å². The van der Waals surface area contributed by atoms with E-state index >= 15 is 0 Å². The van der Waals surface area contributed by atoms with Crippen molar-refractivity contribution < 1.29 is 23.1 Å². The Hall–Kier alpha value is -2.61. The van der Waals surface area contributed by atoms with Gasteiger partial charge in [-0.3, -0.25) is 4.79 Å². The second-order valence-corrected chi connectivity index (χ2v) is 8.43. The Morgan fingerprint density at radius 3 is 2.46 bits per heavy atom. The van der Waals surface area contributed by atoms with Crippen LogP contribution in [-0.4, -0.2) is 35.4 Å². The van der Waals surface area contributed by atoms with Gasteiger partial charge in [0.2, 0.25) is 0 Å². The first-order chi connectivity index (χ1) is 12.3. The van der Waals surface area contributed by atoms with Gasteiger partial charge in [0.1, 0.15) is 6.04 Å². The van der Waals surface area contributed by atoms with Crippen LogP contribution in [0.4, 0.5) is 0 Å². The van der Waals surface area contributed by atoms with Crippen molar-refractivity contribution in [3.8, 4) is 0 Å². The number of hydrogen-bond acceptors (Lipinski definition) is 4. The summed E-state index contributed by atoms with van der Waals surface area (Å²) in [5, 5.41) is 11.7. The van der Waals surface area contributed by atoms with E-state index in [1.54, 1.807) is 12.1 Å². The molecule has 1 heterocycles. The van der Waals surface area contributed by atoms with Crippen LogP contribution in [0.2, 0.25) is 0 Å². The standard InChI is InChI=1S/C18H20N2O5S/c1-12-2-6-15(7-3-12)26(24,25)20-9-8-14(11-20)17(21)19-16(18(22)23)10-13-4-5-13/h2-3,6-9,11,13,16H,4-5,10H2,1H3,(H,19,21)(H,22,23). The number of nitrogens with one attached hydrogen (secondary N) is 1. The number of nitrogens with zero attached hydrogens (tertiary/aromatic N) is 1. The van der Waals surface area contributed by atoms with E-state index in [0.29, 0.717) is 12.3 Å². The smallest absolute Gasteiger partial charge is 0.326 e. The number of benzene rings is 1. The van der Waals surface area contributed by atoms with Crippen LogP contribution in [0.3, 0.4) is 0 Å². The van der Waals surface area contributed by atoms with E-state index in [9.17, 15) is 23.1 Å². The number of hydrogen-bond donors (Lipinski definition) is 2. The Morgan fingerprint density at radius 2 is 1.88 bits per heavy atom. The molecule has 1 aromatic carbocycles. The van der Waals surface area contributed by atoms with Crippen LogP contribution in [0.25, 0.3) is 0 Å². The van der Waals surface area contributed by atoms with E-state index in [1.807, 2.05) is 6.92 Å². The molecule has 1 aromatic heterocycles. The zero-order valence-electron chi connectivity index (χ0n) is 14.3. The van der Waals surface area contributed by atoms with Gasteiger partial charge in [0.25, 0.3) is 15.9 Å². The Kier molecular flexibility index (Phi) is 4.86. The second-order valence-electron chi connectivity index (χ2n) is 6.59. The number of aromatic nitrogens is 1. The number of rotatable bonds is 7. The maximum atomic E-state index is 12.6. The summed E-state index contributed by atoms with van der Waals surface area (Å²) in [5.74, 6) is -1.35. The molecule has 1 aliphatic rings. The van der Waals surface area contributed by atoms with Crippen molar-refractivity contribution >= 4 is 21.9 Å². The van der Waals surface area contributed by atoms with E-state index in [1.165, 1.54) is 30.6 Å². The zero-order chi connectivity index (χ0) is 18.9. The minimum atomic E-state index is -3.80. The zero-order valence-corrected chi connectivity index (χ0v) is 15.1. The lowest BCUT2D eigenvalue weighted by Crippen LogP contribution is -2.41. The molecule has 0 bridgehead atoms. The van der Waals surface area contributed by atoms with Crippen molar-refractivity contribution in [3.05, 3.63) is 53.9 Å². The maximum Gasteiger partial charge on any atom is 0.326 e. The first-order valence-electron chi connectivity index (χ1n) is 8.31. The fraction of sp³-hybridized carbons (Fsp3) is 0.333. The first kappa shape index (κ1) is 18.2. The molecule has 26 heavy (non-hydrogen) atoms. The van der Waals surface area contributed by atoms with Crippen LogP contribution in [0.1, 0.15) is 35.2 Å². The summed E-state index contributed by atoms with van der Waals surface area (Å²) < 4.78 is 26.2. The molecule has 138 valence electrons. The Bertz CT molecular complexity index is 927. The molecule has 0 radical (unpaired) electrons.